The molecule has 7 heteroatoms. The first-order valence-electron chi connectivity index (χ1n) is 6.35. The molecule has 6 nitrogen and oxygen atoms in total. The molecule has 1 aromatic rings. The summed E-state index contributed by atoms with van der Waals surface area (Å²) in [5.74, 6) is 0.0287. The first-order valence-corrected chi connectivity index (χ1v) is 6.35. The Morgan fingerprint density at radius 2 is 2.47 bits per heavy atom. The molecule has 108 valence electrons. The van der Waals surface area contributed by atoms with E-state index in [9.17, 15) is 4.79 Å². The number of methoxy groups -OCH3 is 1. The Bertz CT molecular complexity index is 391. The van der Waals surface area contributed by atoms with Gasteiger partial charge < -0.3 is 15.4 Å². The smallest absolute Gasteiger partial charge is 0.241 e. The Morgan fingerprint density at radius 3 is 3.16 bits per heavy atom. The van der Waals surface area contributed by atoms with E-state index in [1.54, 1.807) is 18.0 Å². The minimum Gasteiger partial charge on any atom is -0.383 e. The number of aromatic nitrogens is 2. The van der Waals surface area contributed by atoms with Gasteiger partial charge in [-0.2, -0.15) is 5.10 Å². The van der Waals surface area contributed by atoms with Crippen molar-refractivity contribution in [2.24, 2.45) is 0 Å². The van der Waals surface area contributed by atoms with E-state index in [-0.39, 0.29) is 24.4 Å². The van der Waals surface area contributed by atoms with E-state index < -0.39 is 0 Å². The lowest BCUT2D eigenvalue weighted by Crippen LogP contribution is -2.43. The van der Waals surface area contributed by atoms with Crippen molar-refractivity contribution in [1.29, 1.82) is 0 Å². The second-order valence-electron chi connectivity index (χ2n) is 4.48. The highest BCUT2D eigenvalue weighted by Gasteiger charge is 2.20. The van der Waals surface area contributed by atoms with Gasteiger partial charge in [-0.25, -0.2) is 0 Å². The van der Waals surface area contributed by atoms with Gasteiger partial charge in [0.2, 0.25) is 5.91 Å². The molecule has 1 saturated heterocycles. The molecule has 0 saturated carbocycles. The van der Waals surface area contributed by atoms with Gasteiger partial charge in [0.25, 0.3) is 0 Å². The van der Waals surface area contributed by atoms with Gasteiger partial charge in [-0.1, -0.05) is 6.42 Å². The summed E-state index contributed by atoms with van der Waals surface area (Å²) in [6.07, 6.45) is 6.65. The zero-order valence-corrected chi connectivity index (χ0v) is 11.9. The Kier molecular flexibility index (Phi) is 6.83. The molecule has 19 heavy (non-hydrogen) atoms. The van der Waals surface area contributed by atoms with Crippen LogP contribution in [-0.2, 0) is 16.1 Å². The van der Waals surface area contributed by atoms with Crippen molar-refractivity contribution in [1.82, 2.24) is 15.1 Å². The molecule has 1 aliphatic rings. The molecule has 1 fully saturated rings. The number of hydrogen-bond donors (Lipinski definition) is 2. The number of hydrogen-bond acceptors (Lipinski definition) is 4. The average molecular weight is 289 g/mol. The number of nitrogens with zero attached hydrogens (tertiary/aromatic N) is 2. The molecular weight excluding hydrogens is 268 g/mol. The molecule has 1 aromatic heterocycles. The zero-order chi connectivity index (χ0) is 12.8. The van der Waals surface area contributed by atoms with E-state index in [0.29, 0.717) is 13.2 Å². The summed E-state index contributed by atoms with van der Waals surface area (Å²) in [5, 5.41) is 10.3. The van der Waals surface area contributed by atoms with Crippen molar-refractivity contribution in [3.05, 3.63) is 12.4 Å². The first-order chi connectivity index (χ1) is 8.79. The van der Waals surface area contributed by atoms with Crippen molar-refractivity contribution < 1.29 is 9.53 Å². The molecule has 0 unspecified atom stereocenters. The lowest BCUT2D eigenvalue weighted by atomic mass is 10.0. The van der Waals surface area contributed by atoms with Crippen molar-refractivity contribution in [3.8, 4) is 0 Å². The summed E-state index contributed by atoms with van der Waals surface area (Å²) in [6, 6.07) is -0.0684. The second-order valence-corrected chi connectivity index (χ2v) is 4.48. The molecule has 2 N–H and O–H groups in total. The van der Waals surface area contributed by atoms with Gasteiger partial charge in [-0.3, -0.25) is 9.48 Å². The normalized spacial score (nSPS) is 18.7. The van der Waals surface area contributed by atoms with Gasteiger partial charge in [0.1, 0.15) is 0 Å². The molecule has 1 aliphatic heterocycles. The predicted molar refractivity (Wildman–Crippen MR) is 75.6 cm³/mol. The van der Waals surface area contributed by atoms with E-state index in [4.69, 9.17) is 4.74 Å². The van der Waals surface area contributed by atoms with Gasteiger partial charge in [0.05, 0.1) is 31.1 Å². The third kappa shape index (κ3) is 4.81. The average Bonchev–Trinajstić information content (AvgIpc) is 2.85. The summed E-state index contributed by atoms with van der Waals surface area (Å²) in [6.45, 7) is 2.22. The summed E-state index contributed by atoms with van der Waals surface area (Å²) in [5.41, 5.74) is 0.739. The molecule has 0 bridgehead atoms. The van der Waals surface area contributed by atoms with Crippen LogP contribution in [0.15, 0.2) is 12.4 Å². The molecule has 0 aliphatic carbocycles. The lowest BCUT2D eigenvalue weighted by Gasteiger charge is -2.22. The van der Waals surface area contributed by atoms with Crippen LogP contribution in [0.3, 0.4) is 0 Å². The number of piperidine rings is 1. The highest BCUT2D eigenvalue weighted by molar-refractivity contribution is 5.94. The largest absolute Gasteiger partial charge is 0.383 e. The van der Waals surface area contributed by atoms with Crippen molar-refractivity contribution in [2.45, 2.75) is 31.8 Å². The van der Waals surface area contributed by atoms with Crippen LogP contribution in [0.4, 0.5) is 5.69 Å². The third-order valence-electron chi connectivity index (χ3n) is 3.05. The fourth-order valence-electron chi connectivity index (χ4n) is 2.04. The lowest BCUT2D eigenvalue weighted by molar-refractivity contribution is -0.118. The van der Waals surface area contributed by atoms with Gasteiger partial charge in [-0.15, -0.1) is 12.4 Å². The predicted octanol–water partition coefficient (Wildman–Crippen LogP) is 1.03. The van der Waals surface area contributed by atoms with Gasteiger partial charge in [-0.05, 0) is 19.4 Å². The number of amides is 1. The topological polar surface area (TPSA) is 68.2 Å². The maximum Gasteiger partial charge on any atom is 0.241 e. The third-order valence-corrected chi connectivity index (χ3v) is 3.05. The van der Waals surface area contributed by atoms with Crippen LogP contribution in [0.25, 0.3) is 0 Å². The molecular formula is C12H21ClN4O2. The summed E-state index contributed by atoms with van der Waals surface area (Å²) in [7, 11) is 1.65. The Morgan fingerprint density at radius 1 is 1.63 bits per heavy atom. The minimum absolute atomic E-state index is 0. The molecule has 0 radical (unpaired) electrons. The number of rotatable bonds is 5. The number of anilines is 1. The summed E-state index contributed by atoms with van der Waals surface area (Å²) in [4.78, 5) is 12.0. The van der Waals surface area contributed by atoms with Gasteiger partial charge in [0.15, 0.2) is 0 Å². The van der Waals surface area contributed by atoms with E-state index >= 15 is 0 Å². The van der Waals surface area contributed by atoms with Gasteiger partial charge in [0, 0.05) is 13.3 Å². The Balaban J connectivity index is 0.00000180. The number of ether oxygens (including phenoxy) is 1. The molecule has 0 aromatic carbocycles. The van der Waals surface area contributed by atoms with Crippen LogP contribution in [0, 0.1) is 0 Å². The SMILES string of the molecule is COCCn1cc(NC(=O)[C@H]2CCCCN2)cn1.Cl. The molecule has 1 amide bonds. The van der Waals surface area contributed by atoms with Crippen LogP contribution in [0.2, 0.25) is 0 Å². The number of nitrogens with one attached hydrogen (secondary N) is 2. The van der Waals surface area contributed by atoms with Gasteiger partial charge >= 0.3 is 0 Å². The highest BCUT2D eigenvalue weighted by Crippen LogP contribution is 2.10. The van der Waals surface area contributed by atoms with Crippen LogP contribution in [0.5, 0.6) is 0 Å². The van der Waals surface area contributed by atoms with Crippen LogP contribution in [-0.4, -0.2) is 42.0 Å². The van der Waals surface area contributed by atoms with E-state index in [0.717, 1.165) is 31.5 Å². The standard InChI is InChI=1S/C12H20N4O2.ClH/c1-18-7-6-16-9-10(8-14-16)15-12(17)11-4-2-3-5-13-11;/h8-9,11,13H,2-7H2,1H3,(H,15,17);1H/t11-;/m1./s1. The minimum atomic E-state index is -0.0684. The maximum atomic E-state index is 12.0. The van der Waals surface area contributed by atoms with Crippen LogP contribution < -0.4 is 10.6 Å². The summed E-state index contributed by atoms with van der Waals surface area (Å²) >= 11 is 0. The second kappa shape index (κ2) is 8.14. The maximum absolute atomic E-state index is 12.0. The Labute approximate surface area is 119 Å². The van der Waals surface area contributed by atoms with Crippen molar-refractivity contribution in [2.75, 3.05) is 25.6 Å². The molecule has 2 heterocycles. The summed E-state index contributed by atoms with van der Waals surface area (Å²) < 4.78 is 6.73. The van der Waals surface area contributed by atoms with Crippen molar-refractivity contribution in [3.63, 3.8) is 0 Å². The van der Waals surface area contributed by atoms with Crippen molar-refractivity contribution >= 4 is 24.0 Å². The van der Waals surface area contributed by atoms with E-state index in [2.05, 4.69) is 15.7 Å². The zero-order valence-electron chi connectivity index (χ0n) is 11.1. The van der Waals surface area contributed by atoms with E-state index in [1.165, 1.54) is 0 Å². The fraction of sp³-hybridized carbons (Fsp3) is 0.667. The quantitative estimate of drug-likeness (QED) is 0.849. The Hall–Kier alpha value is -1.11. The molecule has 2 rings (SSSR count). The number of carbonyl (C=O) groups excluding carboxylic acids is 1. The molecule has 1 atom stereocenters. The highest BCUT2D eigenvalue weighted by atomic mass is 35.5. The number of carbonyl (C=O) groups is 1. The van der Waals surface area contributed by atoms with Crippen LogP contribution >= 0.6 is 12.4 Å². The first kappa shape index (κ1) is 15.9. The molecule has 0 spiro atoms. The van der Waals surface area contributed by atoms with Crippen LogP contribution in [0.1, 0.15) is 19.3 Å². The fourth-order valence-corrected chi connectivity index (χ4v) is 2.04. The monoisotopic (exact) mass is 288 g/mol. The number of halogens is 1. The van der Waals surface area contributed by atoms with E-state index in [1.807, 2.05) is 6.20 Å².